The fourth-order valence-corrected chi connectivity index (χ4v) is 3.46. The third-order valence-corrected chi connectivity index (χ3v) is 4.74. The minimum Gasteiger partial charge on any atom is -0.339 e. The summed E-state index contributed by atoms with van der Waals surface area (Å²) < 4.78 is 1.65. The van der Waals surface area contributed by atoms with E-state index in [-0.39, 0.29) is 5.56 Å². The van der Waals surface area contributed by atoms with Gasteiger partial charge in [-0.2, -0.15) is 0 Å². The Balaban J connectivity index is 1.49. The molecule has 1 fully saturated rings. The van der Waals surface area contributed by atoms with Gasteiger partial charge in [0.15, 0.2) is 0 Å². The van der Waals surface area contributed by atoms with Gasteiger partial charge < -0.3 is 4.90 Å². The van der Waals surface area contributed by atoms with E-state index >= 15 is 0 Å². The van der Waals surface area contributed by atoms with Crippen LogP contribution in [-0.4, -0.2) is 50.4 Å². The Hall–Kier alpha value is -2.80. The Labute approximate surface area is 152 Å². The van der Waals surface area contributed by atoms with E-state index in [1.807, 2.05) is 31.2 Å². The van der Waals surface area contributed by atoms with Crippen molar-refractivity contribution in [2.45, 2.75) is 19.9 Å². The molecule has 3 aromatic heterocycles. The summed E-state index contributed by atoms with van der Waals surface area (Å²) in [6.07, 6.45) is 4.59. The van der Waals surface area contributed by atoms with Crippen molar-refractivity contribution in [2.75, 3.05) is 31.1 Å². The Bertz CT molecular complexity index is 955. The summed E-state index contributed by atoms with van der Waals surface area (Å²) in [4.78, 5) is 30.4. The molecule has 7 nitrogen and oxygen atoms in total. The molecule has 0 aliphatic carbocycles. The lowest BCUT2D eigenvalue weighted by atomic mass is 10.3. The topological polar surface area (TPSA) is 66.6 Å². The van der Waals surface area contributed by atoms with Crippen molar-refractivity contribution in [2.24, 2.45) is 0 Å². The van der Waals surface area contributed by atoms with Gasteiger partial charge in [0.05, 0.1) is 5.69 Å². The first-order valence-corrected chi connectivity index (χ1v) is 8.93. The first-order chi connectivity index (χ1) is 12.7. The molecule has 0 unspecified atom stereocenters. The number of aromatic nitrogens is 4. The fraction of sp³-hybridized carbons (Fsp3) is 0.368. The van der Waals surface area contributed by atoms with E-state index in [1.54, 1.807) is 22.9 Å². The maximum atomic E-state index is 12.4. The van der Waals surface area contributed by atoms with Crippen LogP contribution in [0.2, 0.25) is 0 Å². The van der Waals surface area contributed by atoms with Gasteiger partial charge in [-0.25, -0.2) is 15.0 Å². The molecule has 0 N–H and O–H groups in total. The number of fused-ring (bicyclic) bond motifs is 1. The summed E-state index contributed by atoms with van der Waals surface area (Å²) in [5, 5.41) is 0. The van der Waals surface area contributed by atoms with Gasteiger partial charge >= 0.3 is 0 Å². The summed E-state index contributed by atoms with van der Waals surface area (Å²) in [6, 6.07) is 9.23. The second-order valence-corrected chi connectivity index (χ2v) is 6.61. The molecule has 26 heavy (non-hydrogen) atoms. The Morgan fingerprint density at radius 2 is 1.88 bits per heavy atom. The third-order valence-electron chi connectivity index (χ3n) is 4.74. The molecule has 1 aliphatic heterocycles. The van der Waals surface area contributed by atoms with Gasteiger partial charge in [-0.05, 0) is 31.5 Å². The van der Waals surface area contributed by atoms with Crippen LogP contribution in [0, 0.1) is 6.92 Å². The molecule has 1 saturated heterocycles. The van der Waals surface area contributed by atoms with Crippen LogP contribution in [0.25, 0.3) is 5.65 Å². The highest BCUT2D eigenvalue weighted by atomic mass is 16.1. The Morgan fingerprint density at radius 1 is 1.04 bits per heavy atom. The number of anilines is 1. The minimum atomic E-state index is -0.0164. The summed E-state index contributed by atoms with van der Waals surface area (Å²) >= 11 is 0. The van der Waals surface area contributed by atoms with Crippen molar-refractivity contribution in [3.8, 4) is 0 Å². The van der Waals surface area contributed by atoms with E-state index in [4.69, 9.17) is 0 Å². The molecule has 0 amide bonds. The molecule has 0 spiro atoms. The molecule has 0 saturated carbocycles. The minimum absolute atomic E-state index is 0.0164. The molecular formula is C19H22N6O. The first-order valence-electron chi connectivity index (χ1n) is 8.93. The highest BCUT2D eigenvalue weighted by molar-refractivity contribution is 5.40. The Kier molecular flexibility index (Phi) is 4.62. The largest absolute Gasteiger partial charge is 0.339 e. The van der Waals surface area contributed by atoms with E-state index < -0.39 is 0 Å². The van der Waals surface area contributed by atoms with Crippen molar-refractivity contribution in [1.29, 1.82) is 0 Å². The van der Waals surface area contributed by atoms with Gasteiger partial charge in [-0.15, -0.1) is 0 Å². The smallest absolute Gasteiger partial charge is 0.258 e. The van der Waals surface area contributed by atoms with Crippen LogP contribution < -0.4 is 10.5 Å². The normalized spacial score (nSPS) is 16.0. The van der Waals surface area contributed by atoms with Crippen molar-refractivity contribution >= 4 is 11.6 Å². The van der Waals surface area contributed by atoms with E-state index in [1.165, 1.54) is 0 Å². The zero-order valence-corrected chi connectivity index (χ0v) is 14.9. The molecule has 0 aromatic carbocycles. The number of pyridine rings is 1. The average Bonchev–Trinajstić information content (AvgIpc) is 2.88. The van der Waals surface area contributed by atoms with Crippen molar-refractivity contribution in [3.63, 3.8) is 0 Å². The number of hydrogen-bond acceptors (Lipinski definition) is 6. The second-order valence-electron chi connectivity index (χ2n) is 6.61. The van der Waals surface area contributed by atoms with Crippen LogP contribution in [-0.2, 0) is 6.54 Å². The van der Waals surface area contributed by atoms with Crippen LogP contribution in [0.4, 0.5) is 5.95 Å². The van der Waals surface area contributed by atoms with Gasteiger partial charge in [0.2, 0.25) is 5.95 Å². The molecule has 4 rings (SSSR count). The molecule has 1 aliphatic rings. The maximum absolute atomic E-state index is 12.4. The fourth-order valence-electron chi connectivity index (χ4n) is 3.46. The highest BCUT2D eigenvalue weighted by Crippen LogP contribution is 2.12. The van der Waals surface area contributed by atoms with Gasteiger partial charge in [-0.3, -0.25) is 14.1 Å². The SMILES string of the molecule is Cc1cccc2nc(CN3CCCN(c4ncccn4)CC3)cc(=O)n12. The molecule has 0 radical (unpaired) electrons. The summed E-state index contributed by atoms with van der Waals surface area (Å²) in [5.74, 6) is 0.784. The van der Waals surface area contributed by atoms with Crippen LogP contribution in [0.1, 0.15) is 17.8 Å². The second kappa shape index (κ2) is 7.21. The van der Waals surface area contributed by atoms with Crippen LogP contribution in [0.15, 0.2) is 47.5 Å². The number of aryl methyl sites for hydroxylation is 1. The molecule has 4 heterocycles. The zero-order chi connectivity index (χ0) is 17.9. The highest BCUT2D eigenvalue weighted by Gasteiger charge is 2.17. The lowest BCUT2D eigenvalue weighted by Gasteiger charge is -2.21. The van der Waals surface area contributed by atoms with Crippen LogP contribution >= 0.6 is 0 Å². The van der Waals surface area contributed by atoms with Gasteiger partial charge in [0.1, 0.15) is 5.65 Å². The van der Waals surface area contributed by atoms with Crippen LogP contribution in [0.3, 0.4) is 0 Å². The molecule has 0 atom stereocenters. The number of nitrogens with zero attached hydrogens (tertiary/aromatic N) is 6. The number of rotatable bonds is 3. The average molecular weight is 350 g/mol. The standard InChI is InChI=1S/C19H22N6O/c1-15-5-2-6-17-22-16(13-18(26)25(15)17)14-23-9-4-10-24(12-11-23)19-20-7-3-8-21-19/h2-3,5-8,13H,4,9-12,14H2,1H3. The maximum Gasteiger partial charge on any atom is 0.258 e. The Morgan fingerprint density at radius 3 is 2.73 bits per heavy atom. The van der Waals surface area contributed by atoms with E-state index in [9.17, 15) is 4.79 Å². The van der Waals surface area contributed by atoms with E-state index in [0.29, 0.717) is 12.2 Å². The lowest BCUT2D eigenvalue weighted by molar-refractivity contribution is 0.282. The summed E-state index contributed by atoms with van der Waals surface area (Å²) in [6.45, 7) is 6.28. The summed E-state index contributed by atoms with van der Waals surface area (Å²) in [5.41, 5.74) is 2.42. The predicted molar refractivity (Wildman–Crippen MR) is 100 cm³/mol. The van der Waals surface area contributed by atoms with Gasteiger partial charge in [0, 0.05) is 56.9 Å². The van der Waals surface area contributed by atoms with E-state index in [0.717, 1.165) is 49.9 Å². The van der Waals surface area contributed by atoms with Crippen molar-refractivity contribution < 1.29 is 0 Å². The van der Waals surface area contributed by atoms with E-state index in [2.05, 4.69) is 24.8 Å². The molecule has 134 valence electrons. The predicted octanol–water partition coefficient (Wildman–Crippen LogP) is 1.51. The monoisotopic (exact) mass is 350 g/mol. The third kappa shape index (κ3) is 3.43. The molecule has 3 aromatic rings. The molecule has 0 bridgehead atoms. The zero-order valence-electron chi connectivity index (χ0n) is 14.9. The number of hydrogen-bond donors (Lipinski definition) is 0. The first kappa shape index (κ1) is 16.7. The lowest BCUT2D eigenvalue weighted by Crippen LogP contribution is -2.32. The quantitative estimate of drug-likeness (QED) is 0.713. The molecular weight excluding hydrogens is 328 g/mol. The summed E-state index contributed by atoms with van der Waals surface area (Å²) in [7, 11) is 0. The van der Waals surface area contributed by atoms with Crippen molar-refractivity contribution in [3.05, 3.63) is 64.5 Å². The van der Waals surface area contributed by atoms with Crippen molar-refractivity contribution in [1.82, 2.24) is 24.3 Å². The van der Waals surface area contributed by atoms with Gasteiger partial charge in [-0.1, -0.05) is 6.07 Å². The van der Waals surface area contributed by atoms with Crippen LogP contribution in [0.5, 0.6) is 0 Å². The molecule has 7 heteroatoms. The van der Waals surface area contributed by atoms with Gasteiger partial charge in [0.25, 0.3) is 5.56 Å².